The van der Waals surface area contributed by atoms with E-state index in [1.54, 1.807) is 6.26 Å². The third-order valence-electron chi connectivity index (χ3n) is 2.52. The Morgan fingerprint density at radius 1 is 1.40 bits per heavy atom. The smallest absolute Gasteiger partial charge is 0.419 e. The van der Waals surface area contributed by atoms with Crippen molar-refractivity contribution in [2.45, 2.75) is 18.3 Å². The molecule has 1 aromatic rings. The number of ether oxygens (including phenoxy) is 1. The SMILES string of the molecule is CSCCC(N)(Oc1ccccc1C(F)(F)F)C(=O)O. The van der Waals surface area contributed by atoms with Crippen LogP contribution in [0.5, 0.6) is 5.75 Å². The molecule has 0 aliphatic carbocycles. The van der Waals surface area contributed by atoms with E-state index in [1.165, 1.54) is 23.9 Å². The zero-order valence-electron chi connectivity index (χ0n) is 10.6. The average molecular weight is 309 g/mol. The quantitative estimate of drug-likeness (QED) is 0.790. The first-order valence-corrected chi connectivity index (χ1v) is 6.96. The summed E-state index contributed by atoms with van der Waals surface area (Å²) in [6, 6.07) is 4.37. The molecule has 0 fully saturated rings. The average Bonchev–Trinajstić information content (AvgIpc) is 2.35. The Balaban J connectivity index is 3.09. The number of hydrogen-bond donors (Lipinski definition) is 2. The van der Waals surface area contributed by atoms with Crippen LogP contribution in [0.15, 0.2) is 24.3 Å². The molecule has 0 aromatic heterocycles. The first-order valence-electron chi connectivity index (χ1n) is 5.57. The molecule has 1 aromatic carbocycles. The fraction of sp³-hybridized carbons (Fsp3) is 0.417. The molecule has 112 valence electrons. The van der Waals surface area contributed by atoms with E-state index in [1.807, 2.05) is 0 Å². The van der Waals surface area contributed by atoms with Gasteiger partial charge in [0.15, 0.2) is 0 Å². The van der Waals surface area contributed by atoms with Crippen molar-refractivity contribution in [3.8, 4) is 5.75 Å². The second-order valence-corrected chi connectivity index (χ2v) is 5.02. The lowest BCUT2D eigenvalue weighted by atomic mass is 10.1. The molecule has 1 rings (SSSR count). The number of halogens is 3. The number of hydrogen-bond acceptors (Lipinski definition) is 4. The van der Waals surface area contributed by atoms with E-state index >= 15 is 0 Å². The van der Waals surface area contributed by atoms with E-state index in [9.17, 15) is 18.0 Å². The number of alkyl halides is 3. The van der Waals surface area contributed by atoms with Crippen LogP contribution < -0.4 is 10.5 Å². The molecule has 0 saturated carbocycles. The molecule has 20 heavy (non-hydrogen) atoms. The lowest BCUT2D eigenvalue weighted by Crippen LogP contribution is -2.53. The van der Waals surface area contributed by atoms with Crippen molar-refractivity contribution in [2.24, 2.45) is 5.73 Å². The maximum atomic E-state index is 12.8. The van der Waals surface area contributed by atoms with Gasteiger partial charge in [0.1, 0.15) is 5.75 Å². The molecule has 1 unspecified atom stereocenters. The summed E-state index contributed by atoms with van der Waals surface area (Å²) in [5.41, 5.74) is 2.32. The van der Waals surface area contributed by atoms with Crippen LogP contribution in [-0.2, 0) is 11.0 Å². The molecule has 3 N–H and O–H groups in total. The third kappa shape index (κ3) is 4.04. The fourth-order valence-electron chi connectivity index (χ4n) is 1.44. The van der Waals surface area contributed by atoms with Gasteiger partial charge in [0.2, 0.25) is 0 Å². The summed E-state index contributed by atoms with van der Waals surface area (Å²) in [5.74, 6) is -1.76. The molecule has 0 bridgehead atoms. The van der Waals surface area contributed by atoms with E-state index in [0.717, 1.165) is 12.1 Å². The monoisotopic (exact) mass is 309 g/mol. The minimum absolute atomic E-state index is 0.115. The fourth-order valence-corrected chi connectivity index (χ4v) is 1.95. The van der Waals surface area contributed by atoms with E-state index in [0.29, 0.717) is 5.75 Å². The lowest BCUT2D eigenvalue weighted by Gasteiger charge is -2.27. The van der Waals surface area contributed by atoms with Crippen molar-refractivity contribution in [3.63, 3.8) is 0 Å². The first-order chi connectivity index (χ1) is 9.20. The topological polar surface area (TPSA) is 72.5 Å². The first kappa shape index (κ1) is 16.6. The maximum absolute atomic E-state index is 12.8. The minimum atomic E-state index is -4.64. The van der Waals surface area contributed by atoms with E-state index in [4.69, 9.17) is 15.6 Å². The standard InChI is InChI=1S/C12H14F3NO3S/c1-20-7-6-11(16,10(17)18)19-9-5-3-2-4-8(9)12(13,14)15/h2-5H,6-7,16H2,1H3,(H,17,18). The molecule has 0 heterocycles. The van der Waals surface area contributed by atoms with Gasteiger partial charge in [0, 0.05) is 6.42 Å². The van der Waals surface area contributed by atoms with Crippen LogP contribution in [0.4, 0.5) is 13.2 Å². The second kappa shape index (κ2) is 6.36. The molecule has 4 nitrogen and oxygen atoms in total. The largest absolute Gasteiger partial charge is 0.477 e. The van der Waals surface area contributed by atoms with Gasteiger partial charge in [-0.05, 0) is 24.1 Å². The Morgan fingerprint density at radius 3 is 2.50 bits per heavy atom. The van der Waals surface area contributed by atoms with Gasteiger partial charge in [-0.15, -0.1) is 0 Å². The van der Waals surface area contributed by atoms with E-state index in [-0.39, 0.29) is 6.42 Å². The van der Waals surface area contributed by atoms with Gasteiger partial charge < -0.3 is 9.84 Å². The van der Waals surface area contributed by atoms with Crippen molar-refractivity contribution < 1.29 is 27.8 Å². The summed E-state index contributed by atoms with van der Waals surface area (Å²) >= 11 is 1.32. The summed E-state index contributed by atoms with van der Waals surface area (Å²) in [5, 5.41) is 9.07. The van der Waals surface area contributed by atoms with Crippen LogP contribution in [0.3, 0.4) is 0 Å². The van der Waals surface area contributed by atoms with Gasteiger partial charge in [0.25, 0.3) is 5.72 Å². The summed E-state index contributed by atoms with van der Waals surface area (Å²) in [7, 11) is 0. The highest BCUT2D eigenvalue weighted by Gasteiger charge is 2.40. The van der Waals surface area contributed by atoms with Crippen molar-refractivity contribution in [2.75, 3.05) is 12.0 Å². The summed E-state index contributed by atoms with van der Waals surface area (Å²) in [6.07, 6.45) is -3.03. The molecule has 0 spiro atoms. The minimum Gasteiger partial charge on any atom is -0.477 e. The highest BCUT2D eigenvalue weighted by atomic mass is 32.2. The molecule has 0 amide bonds. The maximum Gasteiger partial charge on any atom is 0.419 e. The number of carboxylic acids is 1. The normalized spacial score (nSPS) is 14.7. The third-order valence-corrected chi connectivity index (χ3v) is 3.14. The number of nitrogens with two attached hydrogens (primary N) is 1. The Labute approximate surface area is 118 Å². The van der Waals surface area contributed by atoms with Crippen LogP contribution in [0.25, 0.3) is 0 Å². The molecule has 8 heteroatoms. The molecule has 0 saturated heterocycles. The summed E-state index contributed by atoms with van der Waals surface area (Å²) in [6.45, 7) is 0. The van der Waals surface area contributed by atoms with Crippen LogP contribution in [0.2, 0.25) is 0 Å². The predicted octanol–water partition coefficient (Wildman–Crippen LogP) is 2.58. The molecule has 0 aliphatic heterocycles. The van der Waals surface area contributed by atoms with Gasteiger partial charge in [-0.2, -0.15) is 24.9 Å². The molecular weight excluding hydrogens is 295 g/mol. The number of benzene rings is 1. The highest BCUT2D eigenvalue weighted by molar-refractivity contribution is 7.98. The second-order valence-electron chi connectivity index (χ2n) is 4.03. The van der Waals surface area contributed by atoms with Crippen molar-refractivity contribution in [1.29, 1.82) is 0 Å². The van der Waals surface area contributed by atoms with Crippen LogP contribution >= 0.6 is 11.8 Å². The number of para-hydroxylation sites is 1. The van der Waals surface area contributed by atoms with Gasteiger partial charge in [-0.25, -0.2) is 4.79 Å². The molecule has 0 aliphatic rings. The molecule has 1 atom stereocenters. The highest BCUT2D eigenvalue weighted by Crippen LogP contribution is 2.37. The Kier molecular flexibility index (Phi) is 5.29. The number of carbonyl (C=O) groups is 1. The number of thioether (sulfide) groups is 1. The Morgan fingerprint density at radius 2 is 2.00 bits per heavy atom. The van der Waals surface area contributed by atoms with Gasteiger partial charge >= 0.3 is 12.1 Å². The van der Waals surface area contributed by atoms with Crippen LogP contribution in [0.1, 0.15) is 12.0 Å². The van der Waals surface area contributed by atoms with Crippen LogP contribution in [0, 0.1) is 0 Å². The molecule has 0 radical (unpaired) electrons. The Hall–Kier alpha value is -1.41. The predicted molar refractivity (Wildman–Crippen MR) is 69.6 cm³/mol. The van der Waals surface area contributed by atoms with Gasteiger partial charge in [-0.3, -0.25) is 5.73 Å². The Bertz CT molecular complexity index is 481. The van der Waals surface area contributed by atoms with Crippen molar-refractivity contribution in [3.05, 3.63) is 29.8 Å². The number of carboxylic acid groups (broad SMARTS) is 1. The molecular formula is C12H14F3NO3S. The number of aliphatic carboxylic acids is 1. The lowest BCUT2D eigenvalue weighted by molar-refractivity contribution is -0.157. The summed E-state index contributed by atoms with van der Waals surface area (Å²) < 4.78 is 43.4. The summed E-state index contributed by atoms with van der Waals surface area (Å²) in [4.78, 5) is 11.2. The number of rotatable bonds is 6. The zero-order chi connectivity index (χ0) is 15.4. The van der Waals surface area contributed by atoms with Gasteiger partial charge in [0.05, 0.1) is 5.56 Å². The van der Waals surface area contributed by atoms with Crippen molar-refractivity contribution >= 4 is 17.7 Å². The van der Waals surface area contributed by atoms with Crippen molar-refractivity contribution in [1.82, 2.24) is 0 Å². The van der Waals surface area contributed by atoms with Crippen LogP contribution in [-0.4, -0.2) is 28.8 Å². The van der Waals surface area contributed by atoms with Gasteiger partial charge in [-0.1, -0.05) is 12.1 Å². The zero-order valence-corrected chi connectivity index (χ0v) is 11.4. The van der Waals surface area contributed by atoms with E-state index < -0.39 is 29.2 Å². The van der Waals surface area contributed by atoms with E-state index in [2.05, 4.69) is 0 Å².